The molecule has 86 valence electrons. The maximum absolute atomic E-state index is 4.65. The Kier molecular flexibility index (Phi) is 2.77. The molecule has 3 rings (SSSR count). The highest BCUT2D eigenvalue weighted by Crippen LogP contribution is 2.28. The van der Waals surface area contributed by atoms with Crippen LogP contribution < -0.4 is 5.32 Å². The Morgan fingerprint density at radius 1 is 1.41 bits per heavy atom. The van der Waals surface area contributed by atoms with E-state index in [2.05, 4.69) is 40.9 Å². The van der Waals surface area contributed by atoms with Crippen molar-refractivity contribution in [2.24, 2.45) is 0 Å². The van der Waals surface area contributed by atoms with Crippen molar-refractivity contribution in [1.29, 1.82) is 0 Å². The number of nitrogens with one attached hydrogen (secondary N) is 1. The van der Waals surface area contributed by atoms with E-state index in [4.69, 9.17) is 0 Å². The maximum Gasteiger partial charge on any atom is 0.213 e. The van der Waals surface area contributed by atoms with Crippen LogP contribution in [0.25, 0.3) is 10.2 Å². The van der Waals surface area contributed by atoms with E-state index in [-0.39, 0.29) is 0 Å². The molecule has 0 aliphatic rings. The summed E-state index contributed by atoms with van der Waals surface area (Å²) >= 11 is 5.03. The lowest BCUT2D eigenvalue weighted by molar-refractivity contribution is 0.411. The number of rotatable bonds is 3. The van der Waals surface area contributed by atoms with Gasteiger partial charge in [-0.05, 0) is 18.2 Å². The first kappa shape index (κ1) is 10.7. The zero-order valence-electron chi connectivity index (χ0n) is 8.55. The van der Waals surface area contributed by atoms with Crippen molar-refractivity contribution in [3.8, 4) is 0 Å². The Bertz CT molecular complexity index is 637. The summed E-state index contributed by atoms with van der Waals surface area (Å²) in [6.45, 7) is 0.511. The predicted octanol–water partition coefficient (Wildman–Crippen LogP) is 3.05. The minimum atomic E-state index is 0.511. The molecular formula is C10H7BrN4OS. The van der Waals surface area contributed by atoms with Gasteiger partial charge in [-0.25, -0.2) is 4.98 Å². The van der Waals surface area contributed by atoms with Crippen LogP contribution in [0.2, 0.25) is 0 Å². The second-order valence-electron chi connectivity index (χ2n) is 3.33. The fourth-order valence-corrected chi connectivity index (χ4v) is 2.81. The molecule has 0 unspecified atom stereocenters. The van der Waals surface area contributed by atoms with Gasteiger partial charge in [-0.3, -0.25) is 0 Å². The zero-order valence-corrected chi connectivity index (χ0v) is 11.0. The van der Waals surface area contributed by atoms with Crippen LogP contribution in [0.3, 0.4) is 0 Å². The molecular weight excluding hydrogens is 304 g/mol. The van der Waals surface area contributed by atoms with Gasteiger partial charge in [-0.15, -0.1) is 0 Å². The van der Waals surface area contributed by atoms with Crippen LogP contribution in [-0.4, -0.2) is 15.1 Å². The molecule has 0 aliphatic heterocycles. The van der Waals surface area contributed by atoms with E-state index in [0.717, 1.165) is 19.8 Å². The Morgan fingerprint density at radius 3 is 3.18 bits per heavy atom. The molecule has 7 heteroatoms. The molecule has 3 aromatic rings. The lowest BCUT2D eigenvalue weighted by atomic mass is 10.3. The molecule has 0 atom stereocenters. The molecule has 0 spiro atoms. The van der Waals surface area contributed by atoms with Gasteiger partial charge >= 0.3 is 0 Å². The van der Waals surface area contributed by atoms with Gasteiger partial charge in [0.15, 0.2) is 11.0 Å². The number of nitrogens with zero attached hydrogens (tertiary/aromatic N) is 3. The molecule has 0 bridgehead atoms. The number of benzene rings is 1. The van der Waals surface area contributed by atoms with E-state index >= 15 is 0 Å². The van der Waals surface area contributed by atoms with Crippen LogP contribution in [0.4, 0.5) is 5.13 Å². The van der Waals surface area contributed by atoms with Gasteiger partial charge in [0, 0.05) is 4.47 Å². The minimum absolute atomic E-state index is 0.511. The highest BCUT2D eigenvalue weighted by molar-refractivity contribution is 9.10. The minimum Gasteiger partial charge on any atom is -0.354 e. The van der Waals surface area contributed by atoms with E-state index in [9.17, 15) is 0 Å². The van der Waals surface area contributed by atoms with E-state index < -0.39 is 0 Å². The SMILES string of the molecule is Brc1ccc2nc(NCc3ncon3)sc2c1. The van der Waals surface area contributed by atoms with Crippen molar-refractivity contribution in [3.05, 3.63) is 34.9 Å². The smallest absolute Gasteiger partial charge is 0.213 e. The highest BCUT2D eigenvalue weighted by atomic mass is 79.9. The van der Waals surface area contributed by atoms with Gasteiger partial charge in [-0.2, -0.15) is 4.98 Å². The van der Waals surface area contributed by atoms with Crippen LogP contribution in [-0.2, 0) is 6.54 Å². The lowest BCUT2D eigenvalue weighted by Crippen LogP contribution is -2.00. The molecule has 2 aromatic heterocycles. The number of halogens is 1. The average Bonchev–Trinajstić information content (AvgIpc) is 2.94. The van der Waals surface area contributed by atoms with Crippen molar-refractivity contribution < 1.29 is 4.52 Å². The highest BCUT2D eigenvalue weighted by Gasteiger charge is 2.05. The molecule has 0 saturated heterocycles. The van der Waals surface area contributed by atoms with Crippen molar-refractivity contribution in [2.45, 2.75) is 6.54 Å². The van der Waals surface area contributed by atoms with Gasteiger partial charge in [-0.1, -0.05) is 32.4 Å². The molecule has 0 aliphatic carbocycles. The quantitative estimate of drug-likeness (QED) is 0.805. The summed E-state index contributed by atoms with van der Waals surface area (Å²) in [5.74, 6) is 0.616. The molecule has 2 heterocycles. The van der Waals surface area contributed by atoms with Gasteiger partial charge in [0.05, 0.1) is 16.8 Å². The fourth-order valence-electron chi connectivity index (χ4n) is 1.40. The number of hydrogen-bond acceptors (Lipinski definition) is 6. The second kappa shape index (κ2) is 4.42. The third kappa shape index (κ3) is 2.29. The molecule has 1 aromatic carbocycles. The second-order valence-corrected chi connectivity index (χ2v) is 5.28. The van der Waals surface area contributed by atoms with Crippen LogP contribution in [0, 0.1) is 0 Å². The molecule has 0 amide bonds. The topological polar surface area (TPSA) is 63.8 Å². The van der Waals surface area contributed by atoms with E-state index in [0.29, 0.717) is 12.4 Å². The number of hydrogen-bond donors (Lipinski definition) is 1. The fraction of sp³-hybridized carbons (Fsp3) is 0.100. The standard InChI is InChI=1S/C10H7BrN4OS/c11-6-1-2-7-8(3-6)17-10(14-7)12-4-9-13-5-16-15-9/h1-3,5H,4H2,(H,12,14). The number of aromatic nitrogens is 3. The Hall–Kier alpha value is -1.47. The third-order valence-electron chi connectivity index (χ3n) is 2.16. The largest absolute Gasteiger partial charge is 0.354 e. The van der Waals surface area contributed by atoms with Crippen molar-refractivity contribution in [3.63, 3.8) is 0 Å². The lowest BCUT2D eigenvalue weighted by Gasteiger charge is -1.95. The normalized spacial score (nSPS) is 10.9. The summed E-state index contributed by atoms with van der Waals surface area (Å²) in [4.78, 5) is 8.38. The first-order valence-electron chi connectivity index (χ1n) is 4.86. The first-order valence-corrected chi connectivity index (χ1v) is 6.47. The third-order valence-corrected chi connectivity index (χ3v) is 3.62. The van der Waals surface area contributed by atoms with E-state index in [1.807, 2.05) is 18.2 Å². The van der Waals surface area contributed by atoms with Crippen LogP contribution >= 0.6 is 27.3 Å². The van der Waals surface area contributed by atoms with E-state index in [1.165, 1.54) is 6.39 Å². The summed E-state index contributed by atoms with van der Waals surface area (Å²) in [6, 6.07) is 6.01. The zero-order chi connectivity index (χ0) is 11.7. The number of thiazole rings is 1. The summed E-state index contributed by atoms with van der Waals surface area (Å²) in [7, 11) is 0. The van der Waals surface area contributed by atoms with Crippen molar-refractivity contribution in [2.75, 3.05) is 5.32 Å². The van der Waals surface area contributed by atoms with Gasteiger partial charge in [0.2, 0.25) is 6.39 Å². The molecule has 5 nitrogen and oxygen atoms in total. The van der Waals surface area contributed by atoms with Gasteiger partial charge in [0.25, 0.3) is 0 Å². The predicted molar refractivity (Wildman–Crippen MR) is 68.9 cm³/mol. The van der Waals surface area contributed by atoms with Gasteiger partial charge < -0.3 is 9.84 Å². The van der Waals surface area contributed by atoms with Gasteiger partial charge in [0.1, 0.15) is 0 Å². The summed E-state index contributed by atoms with van der Waals surface area (Å²) < 4.78 is 6.84. The Morgan fingerprint density at radius 2 is 2.35 bits per heavy atom. The summed E-state index contributed by atoms with van der Waals surface area (Å²) in [5.41, 5.74) is 0.980. The molecule has 0 radical (unpaired) electrons. The van der Waals surface area contributed by atoms with Crippen LogP contribution in [0.5, 0.6) is 0 Å². The number of anilines is 1. The monoisotopic (exact) mass is 310 g/mol. The summed E-state index contributed by atoms with van der Waals surface area (Å²) in [5, 5.41) is 7.73. The maximum atomic E-state index is 4.65. The van der Waals surface area contributed by atoms with Crippen LogP contribution in [0.1, 0.15) is 5.82 Å². The molecule has 17 heavy (non-hydrogen) atoms. The van der Waals surface area contributed by atoms with E-state index in [1.54, 1.807) is 11.3 Å². The van der Waals surface area contributed by atoms with Crippen molar-refractivity contribution in [1.82, 2.24) is 15.1 Å². The van der Waals surface area contributed by atoms with Crippen molar-refractivity contribution >= 4 is 42.6 Å². The number of fused-ring (bicyclic) bond motifs is 1. The Balaban J connectivity index is 1.81. The van der Waals surface area contributed by atoms with Crippen LogP contribution in [0.15, 0.2) is 33.6 Å². The first-order chi connectivity index (χ1) is 8.31. The molecule has 0 fully saturated rings. The molecule has 1 N–H and O–H groups in total. The Labute approximate surface area is 109 Å². The molecule has 0 saturated carbocycles. The summed E-state index contributed by atoms with van der Waals surface area (Å²) in [6.07, 6.45) is 1.31. The average molecular weight is 311 g/mol.